The van der Waals surface area contributed by atoms with Crippen molar-refractivity contribution >= 4 is 5.82 Å². The van der Waals surface area contributed by atoms with Crippen molar-refractivity contribution in [3.05, 3.63) is 22.7 Å². The first kappa shape index (κ1) is 22.2. The minimum Gasteiger partial charge on any atom is -0.394 e. The van der Waals surface area contributed by atoms with Crippen molar-refractivity contribution in [3.8, 4) is 0 Å². The third-order valence-corrected chi connectivity index (χ3v) is 6.08. The summed E-state index contributed by atoms with van der Waals surface area (Å²) in [6.07, 6.45) is 10.6. The lowest BCUT2D eigenvalue weighted by atomic mass is 9.98. The van der Waals surface area contributed by atoms with Gasteiger partial charge < -0.3 is 25.4 Å². The number of hydrogen-bond donors (Lipinski definition) is 4. The maximum absolute atomic E-state index is 12.5. The first-order valence-electron chi connectivity index (χ1n) is 11.1. The summed E-state index contributed by atoms with van der Waals surface area (Å²) in [4.78, 5) is 16.6. The lowest BCUT2D eigenvalue weighted by molar-refractivity contribution is -0.0549. The van der Waals surface area contributed by atoms with Gasteiger partial charge in [0.15, 0.2) is 6.23 Å². The Hall–Kier alpha value is -1.48. The molecule has 3 rings (SSSR count). The van der Waals surface area contributed by atoms with Crippen LogP contribution in [-0.4, -0.2) is 55.8 Å². The van der Waals surface area contributed by atoms with Gasteiger partial charge in [-0.2, -0.15) is 4.98 Å². The number of aliphatic hydroxyl groups is 3. The third kappa shape index (κ3) is 6.01. The van der Waals surface area contributed by atoms with Gasteiger partial charge in [-0.1, -0.05) is 57.8 Å². The van der Waals surface area contributed by atoms with Crippen molar-refractivity contribution in [3.63, 3.8) is 0 Å². The fraction of sp³-hybridized carbons (Fsp3) is 0.810. The van der Waals surface area contributed by atoms with Crippen LogP contribution in [0, 0.1) is 0 Å². The molecular weight excluding hydrogens is 374 g/mol. The molecule has 0 radical (unpaired) electrons. The van der Waals surface area contributed by atoms with Gasteiger partial charge >= 0.3 is 5.69 Å². The summed E-state index contributed by atoms with van der Waals surface area (Å²) in [7, 11) is 0. The summed E-state index contributed by atoms with van der Waals surface area (Å²) in [5.74, 6) is 0.523. The summed E-state index contributed by atoms with van der Waals surface area (Å²) >= 11 is 0. The molecule has 4 N–H and O–H groups in total. The van der Waals surface area contributed by atoms with E-state index in [9.17, 15) is 20.1 Å². The highest BCUT2D eigenvalue weighted by molar-refractivity contribution is 5.33. The van der Waals surface area contributed by atoms with Crippen LogP contribution in [0.15, 0.2) is 17.1 Å². The van der Waals surface area contributed by atoms with Crippen LogP contribution in [-0.2, 0) is 4.74 Å². The molecular formula is C21H35N3O5. The Kier molecular flexibility index (Phi) is 8.47. The number of hydrogen-bond acceptors (Lipinski definition) is 7. The van der Waals surface area contributed by atoms with E-state index in [1.165, 1.54) is 64.0 Å². The summed E-state index contributed by atoms with van der Waals surface area (Å²) in [6, 6.07) is 2.00. The van der Waals surface area contributed by atoms with Crippen molar-refractivity contribution in [2.45, 2.75) is 101 Å². The first-order chi connectivity index (χ1) is 14.1. The SMILES string of the molecule is O=c1nc(NC2CCCCCCCCCCC2)ccn1[C@@H]1O[C@@H](CO)[C@@H](O)[C@@H]1O. The van der Waals surface area contributed by atoms with E-state index in [0.717, 1.165) is 17.4 Å². The zero-order valence-electron chi connectivity index (χ0n) is 17.1. The number of aromatic nitrogens is 2. The molecule has 1 saturated heterocycles. The number of anilines is 1. The normalized spacial score (nSPS) is 30.4. The monoisotopic (exact) mass is 409 g/mol. The molecule has 1 aromatic heterocycles. The van der Waals surface area contributed by atoms with E-state index in [-0.39, 0.29) is 0 Å². The second kappa shape index (κ2) is 11.1. The predicted molar refractivity (Wildman–Crippen MR) is 110 cm³/mol. The minimum atomic E-state index is -1.29. The van der Waals surface area contributed by atoms with E-state index in [1.807, 2.05) is 0 Å². The zero-order chi connectivity index (χ0) is 20.6. The molecule has 2 fully saturated rings. The van der Waals surface area contributed by atoms with Gasteiger partial charge in [-0.3, -0.25) is 4.57 Å². The van der Waals surface area contributed by atoms with Crippen LogP contribution in [0.2, 0.25) is 0 Å². The molecule has 164 valence electrons. The Morgan fingerprint density at radius 2 is 1.59 bits per heavy atom. The smallest absolute Gasteiger partial charge is 0.351 e. The van der Waals surface area contributed by atoms with E-state index in [4.69, 9.17) is 4.74 Å². The fourth-order valence-electron chi connectivity index (χ4n) is 4.31. The molecule has 2 aliphatic rings. The van der Waals surface area contributed by atoms with E-state index in [1.54, 1.807) is 6.07 Å². The highest BCUT2D eigenvalue weighted by Gasteiger charge is 2.43. The Labute approximate surface area is 171 Å². The van der Waals surface area contributed by atoms with Crippen LogP contribution in [0.1, 0.15) is 76.9 Å². The summed E-state index contributed by atoms with van der Waals surface area (Å²) in [5, 5.41) is 32.7. The van der Waals surface area contributed by atoms with Gasteiger partial charge in [-0.25, -0.2) is 4.79 Å². The largest absolute Gasteiger partial charge is 0.394 e. The Bertz CT molecular complexity index is 671. The van der Waals surface area contributed by atoms with Crippen LogP contribution < -0.4 is 11.0 Å². The van der Waals surface area contributed by atoms with Crippen molar-refractivity contribution in [1.82, 2.24) is 9.55 Å². The van der Waals surface area contributed by atoms with Gasteiger partial charge in [0.1, 0.15) is 24.1 Å². The van der Waals surface area contributed by atoms with E-state index in [0.29, 0.717) is 11.9 Å². The maximum atomic E-state index is 12.5. The van der Waals surface area contributed by atoms with E-state index in [2.05, 4.69) is 10.3 Å². The molecule has 0 spiro atoms. The van der Waals surface area contributed by atoms with E-state index >= 15 is 0 Å². The molecule has 1 aliphatic carbocycles. The molecule has 8 heteroatoms. The van der Waals surface area contributed by atoms with Gasteiger partial charge in [-0.05, 0) is 18.9 Å². The second-order valence-electron chi connectivity index (χ2n) is 8.33. The molecule has 0 bridgehead atoms. The van der Waals surface area contributed by atoms with Crippen LogP contribution in [0.5, 0.6) is 0 Å². The fourth-order valence-corrected chi connectivity index (χ4v) is 4.31. The quantitative estimate of drug-likeness (QED) is 0.600. The lowest BCUT2D eigenvalue weighted by Crippen LogP contribution is -2.36. The molecule has 1 aromatic rings. The molecule has 2 heterocycles. The van der Waals surface area contributed by atoms with Gasteiger partial charge in [-0.15, -0.1) is 0 Å². The zero-order valence-corrected chi connectivity index (χ0v) is 17.1. The summed E-state index contributed by atoms with van der Waals surface area (Å²) in [5.41, 5.74) is -0.557. The minimum absolute atomic E-state index is 0.297. The van der Waals surface area contributed by atoms with E-state index < -0.39 is 36.8 Å². The van der Waals surface area contributed by atoms with Gasteiger partial charge in [0.25, 0.3) is 0 Å². The number of nitrogens with zero attached hydrogens (tertiary/aromatic N) is 2. The molecule has 1 aliphatic heterocycles. The number of rotatable bonds is 4. The highest BCUT2D eigenvalue weighted by Crippen LogP contribution is 2.28. The molecule has 0 amide bonds. The topological polar surface area (TPSA) is 117 Å². The molecule has 0 unspecified atom stereocenters. The standard InChI is InChI=1S/C21H35N3O5/c25-14-16-18(26)19(27)20(29-16)24-13-12-17(23-21(24)28)22-15-10-8-6-4-2-1-3-5-7-9-11-15/h12-13,15-16,18-20,25-27H,1-11,14H2,(H,22,23,28)/t16-,18+,19-,20+/m0/s1. The summed E-state index contributed by atoms with van der Waals surface area (Å²) < 4.78 is 6.58. The van der Waals surface area contributed by atoms with Crippen LogP contribution >= 0.6 is 0 Å². The molecule has 4 atom stereocenters. The van der Waals surface area contributed by atoms with Crippen molar-refractivity contribution in [1.29, 1.82) is 0 Å². The van der Waals surface area contributed by atoms with Crippen molar-refractivity contribution < 1.29 is 20.1 Å². The van der Waals surface area contributed by atoms with Crippen molar-refractivity contribution in [2.75, 3.05) is 11.9 Å². The highest BCUT2D eigenvalue weighted by atomic mass is 16.6. The average molecular weight is 410 g/mol. The van der Waals surface area contributed by atoms with Crippen LogP contribution in [0.25, 0.3) is 0 Å². The molecule has 8 nitrogen and oxygen atoms in total. The number of aliphatic hydroxyl groups excluding tert-OH is 3. The predicted octanol–water partition coefficient (Wildman–Crippen LogP) is 1.94. The third-order valence-electron chi connectivity index (χ3n) is 6.08. The van der Waals surface area contributed by atoms with Gasteiger partial charge in [0, 0.05) is 12.2 Å². The molecule has 1 saturated carbocycles. The number of ether oxygens (including phenoxy) is 1. The Morgan fingerprint density at radius 3 is 2.10 bits per heavy atom. The maximum Gasteiger partial charge on any atom is 0.351 e. The number of nitrogens with one attached hydrogen (secondary N) is 1. The van der Waals surface area contributed by atoms with Gasteiger partial charge in [0.2, 0.25) is 0 Å². The summed E-state index contributed by atoms with van der Waals surface area (Å²) in [6.45, 7) is -0.432. The lowest BCUT2D eigenvalue weighted by Gasteiger charge is -2.21. The first-order valence-corrected chi connectivity index (χ1v) is 11.1. The second-order valence-corrected chi connectivity index (χ2v) is 8.33. The van der Waals surface area contributed by atoms with Crippen LogP contribution in [0.4, 0.5) is 5.82 Å². The molecule has 0 aromatic carbocycles. The van der Waals surface area contributed by atoms with Crippen molar-refractivity contribution in [2.24, 2.45) is 0 Å². The Morgan fingerprint density at radius 1 is 1.00 bits per heavy atom. The molecule has 29 heavy (non-hydrogen) atoms. The average Bonchev–Trinajstić information content (AvgIpc) is 2.98. The van der Waals surface area contributed by atoms with Crippen LogP contribution in [0.3, 0.4) is 0 Å². The van der Waals surface area contributed by atoms with Gasteiger partial charge in [0.05, 0.1) is 6.61 Å². The Balaban J connectivity index is 1.63.